The van der Waals surface area contributed by atoms with Crippen LogP contribution in [0.4, 0.5) is 0 Å². The Morgan fingerprint density at radius 1 is 1.26 bits per heavy atom. The van der Waals surface area contributed by atoms with Gasteiger partial charge in [-0.2, -0.15) is 0 Å². The average molecular weight is 386 g/mol. The van der Waals surface area contributed by atoms with Gasteiger partial charge < -0.3 is 20.1 Å². The number of rotatable bonds is 7. The SMILES string of the molecule is O=C(CC[C@]1(Cc2cccs2)CCC(=O)N1)NCc1ccc2c(c1)OCO2. The zero-order valence-electron chi connectivity index (χ0n) is 15.0. The van der Waals surface area contributed by atoms with E-state index in [2.05, 4.69) is 16.7 Å². The molecule has 2 aliphatic heterocycles. The molecule has 4 rings (SSSR count). The fourth-order valence-corrected chi connectivity index (χ4v) is 4.47. The zero-order chi connectivity index (χ0) is 18.7. The fourth-order valence-electron chi connectivity index (χ4n) is 3.62. The van der Waals surface area contributed by atoms with E-state index in [9.17, 15) is 9.59 Å². The molecule has 1 saturated heterocycles. The normalized spacial score (nSPS) is 20.5. The topological polar surface area (TPSA) is 76.7 Å². The quantitative estimate of drug-likeness (QED) is 0.767. The Kier molecular flexibility index (Phi) is 5.03. The first-order valence-electron chi connectivity index (χ1n) is 9.11. The number of hydrogen-bond donors (Lipinski definition) is 2. The Balaban J connectivity index is 1.31. The molecule has 2 aromatic rings. The Hall–Kier alpha value is -2.54. The van der Waals surface area contributed by atoms with Crippen LogP contribution in [0.3, 0.4) is 0 Å². The van der Waals surface area contributed by atoms with Gasteiger partial charge in [0.1, 0.15) is 0 Å². The van der Waals surface area contributed by atoms with Crippen LogP contribution >= 0.6 is 11.3 Å². The number of thiophene rings is 1. The summed E-state index contributed by atoms with van der Waals surface area (Å²) in [6, 6.07) is 9.76. The Morgan fingerprint density at radius 2 is 2.15 bits per heavy atom. The second-order valence-electron chi connectivity index (χ2n) is 7.05. The second kappa shape index (κ2) is 7.60. The summed E-state index contributed by atoms with van der Waals surface area (Å²) in [6.07, 6.45) is 3.12. The number of carbonyl (C=O) groups excluding carboxylic acids is 2. The van der Waals surface area contributed by atoms with Crippen LogP contribution in [0.1, 0.15) is 36.1 Å². The number of benzene rings is 1. The molecule has 0 aliphatic carbocycles. The predicted molar refractivity (Wildman–Crippen MR) is 102 cm³/mol. The molecule has 1 aromatic carbocycles. The lowest BCUT2D eigenvalue weighted by Crippen LogP contribution is -2.44. The van der Waals surface area contributed by atoms with Crippen molar-refractivity contribution in [1.29, 1.82) is 0 Å². The number of carbonyl (C=O) groups is 2. The largest absolute Gasteiger partial charge is 0.454 e. The number of hydrogen-bond acceptors (Lipinski definition) is 5. The lowest BCUT2D eigenvalue weighted by molar-refractivity contribution is -0.122. The van der Waals surface area contributed by atoms with E-state index in [4.69, 9.17) is 9.47 Å². The highest BCUT2D eigenvalue weighted by molar-refractivity contribution is 7.09. The maximum atomic E-state index is 12.4. The molecule has 3 heterocycles. The Labute approximate surface area is 161 Å². The molecule has 142 valence electrons. The van der Waals surface area contributed by atoms with Gasteiger partial charge in [0.25, 0.3) is 0 Å². The third-order valence-corrected chi connectivity index (χ3v) is 5.96. The van der Waals surface area contributed by atoms with Crippen molar-refractivity contribution in [2.75, 3.05) is 6.79 Å². The van der Waals surface area contributed by atoms with E-state index in [1.165, 1.54) is 4.88 Å². The first-order valence-corrected chi connectivity index (χ1v) is 9.99. The lowest BCUT2D eigenvalue weighted by atomic mass is 9.87. The van der Waals surface area contributed by atoms with E-state index >= 15 is 0 Å². The summed E-state index contributed by atoms with van der Waals surface area (Å²) in [5.74, 6) is 1.51. The van der Waals surface area contributed by atoms with Gasteiger partial charge in [-0.05, 0) is 42.0 Å². The highest BCUT2D eigenvalue weighted by atomic mass is 32.1. The van der Waals surface area contributed by atoms with E-state index in [-0.39, 0.29) is 24.1 Å². The van der Waals surface area contributed by atoms with Crippen molar-refractivity contribution in [3.63, 3.8) is 0 Å². The van der Waals surface area contributed by atoms with Gasteiger partial charge in [0.05, 0.1) is 0 Å². The molecule has 2 N–H and O–H groups in total. The number of nitrogens with one attached hydrogen (secondary N) is 2. The molecule has 0 radical (unpaired) electrons. The van der Waals surface area contributed by atoms with Crippen molar-refractivity contribution >= 4 is 23.2 Å². The number of fused-ring (bicyclic) bond motifs is 1. The maximum Gasteiger partial charge on any atom is 0.231 e. The standard InChI is InChI=1S/C20H22N2O4S/c23-18(21-12-14-3-4-16-17(10-14)26-13-25-16)5-7-20(8-6-19(24)22-20)11-15-2-1-9-27-15/h1-4,9-10H,5-8,11-13H2,(H,21,23)(H,22,24)/t20-/m1/s1. The third kappa shape index (κ3) is 4.24. The van der Waals surface area contributed by atoms with Crippen LogP contribution in [-0.4, -0.2) is 24.1 Å². The molecule has 0 spiro atoms. The number of amides is 2. The first kappa shape index (κ1) is 17.9. The molecule has 1 aromatic heterocycles. The molecular formula is C20H22N2O4S. The van der Waals surface area contributed by atoms with Gasteiger partial charge in [-0.3, -0.25) is 9.59 Å². The third-order valence-electron chi connectivity index (χ3n) is 5.09. The summed E-state index contributed by atoms with van der Waals surface area (Å²) < 4.78 is 10.7. The monoisotopic (exact) mass is 386 g/mol. The van der Waals surface area contributed by atoms with Crippen LogP contribution in [0, 0.1) is 0 Å². The number of ether oxygens (including phenoxy) is 2. The van der Waals surface area contributed by atoms with Crippen LogP contribution in [0.25, 0.3) is 0 Å². The van der Waals surface area contributed by atoms with Gasteiger partial charge in [-0.25, -0.2) is 0 Å². The Morgan fingerprint density at radius 3 is 2.93 bits per heavy atom. The van der Waals surface area contributed by atoms with Crippen molar-refractivity contribution in [3.8, 4) is 11.5 Å². The highest BCUT2D eigenvalue weighted by Crippen LogP contribution is 2.33. The van der Waals surface area contributed by atoms with E-state index in [1.54, 1.807) is 11.3 Å². The fraction of sp³-hybridized carbons (Fsp3) is 0.400. The van der Waals surface area contributed by atoms with Crippen molar-refractivity contribution in [3.05, 3.63) is 46.2 Å². The van der Waals surface area contributed by atoms with Crippen LogP contribution in [0.5, 0.6) is 11.5 Å². The van der Waals surface area contributed by atoms with Gasteiger partial charge in [0, 0.05) is 36.2 Å². The van der Waals surface area contributed by atoms with Crippen LogP contribution in [-0.2, 0) is 22.6 Å². The van der Waals surface area contributed by atoms with Crippen molar-refractivity contribution < 1.29 is 19.1 Å². The zero-order valence-corrected chi connectivity index (χ0v) is 15.8. The van der Waals surface area contributed by atoms with Crippen LogP contribution in [0.15, 0.2) is 35.7 Å². The van der Waals surface area contributed by atoms with Gasteiger partial charge >= 0.3 is 0 Å². The summed E-state index contributed by atoms with van der Waals surface area (Å²) in [4.78, 5) is 25.4. The Bertz CT molecular complexity index is 837. The lowest BCUT2D eigenvalue weighted by Gasteiger charge is -2.28. The smallest absolute Gasteiger partial charge is 0.231 e. The van der Waals surface area contributed by atoms with E-state index in [1.807, 2.05) is 29.6 Å². The summed E-state index contributed by atoms with van der Waals surface area (Å²) in [5, 5.41) is 8.12. The van der Waals surface area contributed by atoms with E-state index in [0.717, 1.165) is 24.2 Å². The first-order chi connectivity index (χ1) is 13.1. The molecule has 2 amide bonds. The van der Waals surface area contributed by atoms with Gasteiger partial charge in [-0.15, -0.1) is 11.3 Å². The van der Waals surface area contributed by atoms with E-state index in [0.29, 0.717) is 31.6 Å². The van der Waals surface area contributed by atoms with Crippen molar-refractivity contribution in [2.45, 2.75) is 44.2 Å². The summed E-state index contributed by atoms with van der Waals surface area (Å²) in [5.41, 5.74) is 0.660. The van der Waals surface area contributed by atoms with Crippen LogP contribution < -0.4 is 20.1 Å². The summed E-state index contributed by atoms with van der Waals surface area (Å²) >= 11 is 1.69. The van der Waals surface area contributed by atoms with Gasteiger partial charge in [0.2, 0.25) is 18.6 Å². The second-order valence-corrected chi connectivity index (χ2v) is 8.08. The molecule has 27 heavy (non-hydrogen) atoms. The molecular weight excluding hydrogens is 364 g/mol. The van der Waals surface area contributed by atoms with E-state index < -0.39 is 0 Å². The molecule has 0 bridgehead atoms. The van der Waals surface area contributed by atoms with Gasteiger partial charge in [-0.1, -0.05) is 12.1 Å². The molecule has 7 heteroatoms. The van der Waals surface area contributed by atoms with Crippen LogP contribution in [0.2, 0.25) is 0 Å². The summed E-state index contributed by atoms with van der Waals surface area (Å²) in [7, 11) is 0. The minimum absolute atomic E-state index is 0.0145. The molecule has 2 aliphatic rings. The predicted octanol–water partition coefficient (Wildman–Crippen LogP) is 2.76. The minimum Gasteiger partial charge on any atom is -0.454 e. The minimum atomic E-state index is -0.308. The molecule has 1 atom stereocenters. The molecule has 0 saturated carbocycles. The molecule has 0 unspecified atom stereocenters. The summed E-state index contributed by atoms with van der Waals surface area (Å²) in [6.45, 7) is 0.683. The molecule has 6 nitrogen and oxygen atoms in total. The molecule has 1 fully saturated rings. The van der Waals surface area contributed by atoms with Gasteiger partial charge in [0.15, 0.2) is 11.5 Å². The average Bonchev–Trinajstić information content (AvgIpc) is 3.40. The highest BCUT2D eigenvalue weighted by Gasteiger charge is 2.38. The maximum absolute atomic E-state index is 12.4. The van der Waals surface area contributed by atoms with Crippen molar-refractivity contribution in [1.82, 2.24) is 10.6 Å². The van der Waals surface area contributed by atoms with Crippen molar-refractivity contribution in [2.24, 2.45) is 0 Å².